The standard InChI is InChI=1S/C18H26ClFN4O/c1-18(2,3)23-15(25)10-24(5)17(21-4)22-14-9-11(14)16-12(19)7-6-8-13(16)20/h6-8,11,14H,9-10H2,1-5H3,(H,21,22)(H,23,25). The molecule has 25 heavy (non-hydrogen) atoms. The maximum Gasteiger partial charge on any atom is 0.240 e. The van der Waals surface area contributed by atoms with Gasteiger partial charge in [-0.2, -0.15) is 0 Å². The number of halogens is 2. The van der Waals surface area contributed by atoms with Crippen LogP contribution in [0.4, 0.5) is 4.39 Å². The molecule has 2 N–H and O–H groups in total. The Kier molecular flexibility index (Phi) is 5.93. The van der Waals surface area contributed by atoms with Crippen molar-refractivity contribution >= 4 is 23.5 Å². The molecule has 1 aliphatic carbocycles. The number of amides is 1. The maximum atomic E-state index is 14.0. The molecule has 2 unspecified atom stereocenters. The van der Waals surface area contributed by atoms with Crippen molar-refractivity contribution in [1.82, 2.24) is 15.5 Å². The highest BCUT2D eigenvalue weighted by atomic mass is 35.5. The Labute approximate surface area is 153 Å². The first-order valence-corrected chi connectivity index (χ1v) is 8.69. The van der Waals surface area contributed by atoms with Gasteiger partial charge in [-0.25, -0.2) is 4.39 Å². The minimum Gasteiger partial charge on any atom is -0.353 e. The van der Waals surface area contributed by atoms with E-state index in [0.29, 0.717) is 16.5 Å². The smallest absolute Gasteiger partial charge is 0.240 e. The van der Waals surface area contributed by atoms with Crippen LogP contribution in [0.2, 0.25) is 5.02 Å². The number of carbonyl (C=O) groups excluding carboxylic acids is 1. The van der Waals surface area contributed by atoms with E-state index in [-0.39, 0.29) is 35.8 Å². The lowest BCUT2D eigenvalue weighted by Gasteiger charge is -2.25. The molecule has 138 valence electrons. The highest BCUT2D eigenvalue weighted by Crippen LogP contribution is 2.44. The predicted molar refractivity (Wildman–Crippen MR) is 99.6 cm³/mol. The Morgan fingerprint density at radius 3 is 2.68 bits per heavy atom. The molecule has 0 bridgehead atoms. The third-order valence-electron chi connectivity index (χ3n) is 3.94. The maximum absolute atomic E-state index is 14.0. The van der Waals surface area contributed by atoms with Crippen LogP contribution in [-0.4, -0.2) is 49.0 Å². The van der Waals surface area contributed by atoms with Crippen LogP contribution in [0.25, 0.3) is 0 Å². The van der Waals surface area contributed by atoms with Gasteiger partial charge in [-0.05, 0) is 39.3 Å². The fourth-order valence-corrected chi connectivity index (χ4v) is 3.10. The number of likely N-dealkylation sites (N-methyl/N-ethyl adjacent to an activating group) is 1. The molecule has 0 radical (unpaired) electrons. The summed E-state index contributed by atoms with van der Waals surface area (Å²) in [7, 11) is 3.46. The fraction of sp³-hybridized carbons (Fsp3) is 0.556. The summed E-state index contributed by atoms with van der Waals surface area (Å²) in [6.07, 6.45) is 0.779. The Morgan fingerprint density at radius 1 is 1.44 bits per heavy atom. The number of guanidine groups is 1. The summed E-state index contributed by atoms with van der Waals surface area (Å²) in [4.78, 5) is 18.0. The summed E-state index contributed by atoms with van der Waals surface area (Å²) in [5.41, 5.74) is 0.267. The topological polar surface area (TPSA) is 56.7 Å². The van der Waals surface area contributed by atoms with E-state index >= 15 is 0 Å². The molecule has 1 aromatic rings. The summed E-state index contributed by atoms with van der Waals surface area (Å²) in [6.45, 7) is 6.00. The number of nitrogens with zero attached hydrogens (tertiary/aromatic N) is 2. The van der Waals surface area contributed by atoms with E-state index in [2.05, 4.69) is 15.6 Å². The van der Waals surface area contributed by atoms with Crippen molar-refractivity contribution in [3.63, 3.8) is 0 Å². The molecule has 5 nitrogen and oxygen atoms in total. The lowest BCUT2D eigenvalue weighted by molar-refractivity contribution is -0.122. The first-order valence-electron chi connectivity index (χ1n) is 8.31. The number of hydrogen-bond donors (Lipinski definition) is 2. The van der Waals surface area contributed by atoms with Gasteiger partial charge in [0.15, 0.2) is 5.96 Å². The van der Waals surface area contributed by atoms with E-state index in [1.807, 2.05) is 20.8 Å². The first-order chi connectivity index (χ1) is 11.6. The van der Waals surface area contributed by atoms with Crippen LogP contribution < -0.4 is 10.6 Å². The summed E-state index contributed by atoms with van der Waals surface area (Å²) in [5.74, 6) is 0.253. The largest absolute Gasteiger partial charge is 0.353 e. The third-order valence-corrected chi connectivity index (χ3v) is 4.27. The van der Waals surface area contributed by atoms with Crippen LogP contribution in [0.15, 0.2) is 23.2 Å². The zero-order valence-corrected chi connectivity index (χ0v) is 16.1. The van der Waals surface area contributed by atoms with Gasteiger partial charge < -0.3 is 15.5 Å². The van der Waals surface area contributed by atoms with Crippen LogP contribution in [0, 0.1) is 5.82 Å². The van der Waals surface area contributed by atoms with E-state index in [1.165, 1.54) is 6.07 Å². The second-order valence-corrected chi connectivity index (χ2v) is 7.84. The Hall–Kier alpha value is -1.82. The van der Waals surface area contributed by atoms with Crippen LogP contribution in [-0.2, 0) is 4.79 Å². The molecule has 1 aromatic carbocycles. The molecule has 0 heterocycles. The Morgan fingerprint density at radius 2 is 2.12 bits per heavy atom. The second kappa shape index (κ2) is 7.60. The van der Waals surface area contributed by atoms with Gasteiger partial charge in [-0.3, -0.25) is 9.79 Å². The number of benzene rings is 1. The van der Waals surface area contributed by atoms with Gasteiger partial charge in [0, 0.05) is 42.2 Å². The van der Waals surface area contributed by atoms with Crippen LogP contribution in [0.3, 0.4) is 0 Å². The van der Waals surface area contributed by atoms with Crippen molar-refractivity contribution in [2.45, 2.75) is 44.7 Å². The predicted octanol–water partition coefficient (Wildman–Crippen LogP) is 2.76. The normalized spacial score (nSPS) is 20.2. The SMILES string of the molecule is CN=C(NC1CC1c1c(F)cccc1Cl)N(C)CC(=O)NC(C)(C)C. The molecular formula is C18H26ClFN4O. The number of rotatable bonds is 4. The van der Waals surface area contributed by atoms with E-state index in [4.69, 9.17) is 11.6 Å². The zero-order chi connectivity index (χ0) is 18.8. The third kappa shape index (κ3) is 5.33. The van der Waals surface area contributed by atoms with E-state index in [1.54, 1.807) is 31.1 Å². The highest BCUT2D eigenvalue weighted by Gasteiger charge is 2.42. The average Bonchev–Trinajstić information content (AvgIpc) is 3.21. The molecule has 2 rings (SSSR count). The van der Waals surface area contributed by atoms with Crippen molar-refractivity contribution in [2.24, 2.45) is 4.99 Å². The molecule has 0 aromatic heterocycles. The lowest BCUT2D eigenvalue weighted by atomic mass is 10.1. The molecule has 7 heteroatoms. The molecule has 1 fully saturated rings. The Balaban J connectivity index is 1.94. The van der Waals surface area contributed by atoms with E-state index in [9.17, 15) is 9.18 Å². The van der Waals surface area contributed by atoms with Crippen LogP contribution in [0.5, 0.6) is 0 Å². The number of aliphatic imine (C=N–C) groups is 1. The molecule has 1 aliphatic rings. The van der Waals surface area contributed by atoms with Crippen molar-refractivity contribution < 1.29 is 9.18 Å². The molecule has 0 saturated heterocycles. The average molecular weight is 369 g/mol. The number of carbonyl (C=O) groups is 1. The second-order valence-electron chi connectivity index (χ2n) is 7.43. The fourth-order valence-electron chi connectivity index (χ4n) is 2.80. The van der Waals surface area contributed by atoms with Gasteiger partial charge in [0.1, 0.15) is 5.82 Å². The van der Waals surface area contributed by atoms with Crippen LogP contribution >= 0.6 is 11.6 Å². The van der Waals surface area contributed by atoms with Crippen molar-refractivity contribution in [2.75, 3.05) is 20.6 Å². The number of hydrogen-bond acceptors (Lipinski definition) is 2. The lowest BCUT2D eigenvalue weighted by Crippen LogP contribution is -2.49. The van der Waals surface area contributed by atoms with Gasteiger partial charge in [0.25, 0.3) is 0 Å². The van der Waals surface area contributed by atoms with E-state index in [0.717, 1.165) is 6.42 Å². The van der Waals surface area contributed by atoms with Gasteiger partial charge >= 0.3 is 0 Å². The molecular weight excluding hydrogens is 343 g/mol. The van der Waals surface area contributed by atoms with E-state index < -0.39 is 0 Å². The van der Waals surface area contributed by atoms with Crippen molar-refractivity contribution in [3.8, 4) is 0 Å². The summed E-state index contributed by atoms with van der Waals surface area (Å²) in [5, 5.41) is 6.65. The molecule has 1 amide bonds. The molecule has 2 atom stereocenters. The molecule has 0 aliphatic heterocycles. The summed E-state index contributed by atoms with van der Waals surface area (Å²) in [6, 6.07) is 4.79. The van der Waals surface area contributed by atoms with Gasteiger partial charge in [0.2, 0.25) is 5.91 Å². The van der Waals surface area contributed by atoms with Crippen LogP contribution in [0.1, 0.15) is 38.7 Å². The molecule has 0 spiro atoms. The van der Waals surface area contributed by atoms with Crippen molar-refractivity contribution in [1.29, 1.82) is 0 Å². The summed E-state index contributed by atoms with van der Waals surface area (Å²) < 4.78 is 14.0. The number of nitrogens with one attached hydrogen (secondary N) is 2. The minimum absolute atomic E-state index is 0.0160. The van der Waals surface area contributed by atoms with Crippen molar-refractivity contribution in [3.05, 3.63) is 34.6 Å². The first kappa shape index (κ1) is 19.5. The minimum atomic E-state index is -0.283. The highest BCUT2D eigenvalue weighted by molar-refractivity contribution is 6.31. The van der Waals surface area contributed by atoms with Gasteiger partial charge in [0.05, 0.1) is 6.54 Å². The zero-order valence-electron chi connectivity index (χ0n) is 15.4. The van der Waals surface area contributed by atoms with Gasteiger partial charge in [-0.15, -0.1) is 0 Å². The molecule has 1 saturated carbocycles. The summed E-state index contributed by atoms with van der Waals surface area (Å²) >= 11 is 6.13. The van der Waals surface area contributed by atoms with Gasteiger partial charge in [-0.1, -0.05) is 17.7 Å². The quantitative estimate of drug-likeness (QED) is 0.634. The monoisotopic (exact) mass is 368 g/mol. The Bertz CT molecular complexity index is 651.